The molecule has 28 heavy (non-hydrogen) atoms. The Morgan fingerprint density at radius 2 is 1.79 bits per heavy atom. The summed E-state index contributed by atoms with van der Waals surface area (Å²) in [6.07, 6.45) is 0. The van der Waals surface area contributed by atoms with Gasteiger partial charge in [-0.15, -0.1) is 0 Å². The molecule has 0 spiro atoms. The van der Waals surface area contributed by atoms with Crippen LogP contribution in [0.1, 0.15) is 16.8 Å². The molecule has 1 aromatic heterocycles. The van der Waals surface area contributed by atoms with Crippen molar-refractivity contribution in [2.24, 2.45) is 0 Å². The summed E-state index contributed by atoms with van der Waals surface area (Å²) in [5.41, 5.74) is 3.82. The molecule has 3 aromatic rings. The molecular formula is C22H23N3O3. The second-order valence-corrected chi connectivity index (χ2v) is 6.74. The lowest BCUT2D eigenvalue weighted by Gasteiger charge is -2.14. The summed E-state index contributed by atoms with van der Waals surface area (Å²) in [5, 5.41) is 2.89. The van der Waals surface area contributed by atoms with Crippen LogP contribution >= 0.6 is 0 Å². The molecule has 0 aliphatic carbocycles. The molecule has 1 N–H and O–H groups in total. The smallest absolute Gasteiger partial charge is 0.254 e. The van der Waals surface area contributed by atoms with Gasteiger partial charge in [0.2, 0.25) is 5.91 Å². The van der Waals surface area contributed by atoms with E-state index in [-0.39, 0.29) is 18.0 Å². The maximum atomic E-state index is 12.6. The third-order valence-corrected chi connectivity index (χ3v) is 4.45. The highest BCUT2D eigenvalue weighted by Crippen LogP contribution is 2.21. The highest BCUT2D eigenvalue weighted by molar-refractivity contribution is 5.91. The zero-order valence-electron chi connectivity index (χ0n) is 16.4. The van der Waals surface area contributed by atoms with Gasteiger partial charge >= 0.3 is 0 Å². The molecule has 0 radical (unpaired) electrons. The monoisotopic (exact) mass is 377 g/mol. The van der Waals surface area contributed by atoms with Crippen LogP contribution in [0.5, 0.6) is 5.75 Å². The Hall–Kier alpha value is -3.41. The number of carbonyl (C=O) groups excluding carboxylic acids is 1. The minimum absolute atomic E-state index is 0.124. The average Bonchev–Trinajstić information content (AvgIpc) is 2.66. The number of benzene rings is 2. The number of nitrogens with zero attached hydrogens (tertiary/aromatic N) is 2. The quantitative estimate of drug-likeness (QED) is 0.739. The molecule has 2 aromatic carbocycles. The molecule has 0 saturated heterocycles. The summed E-state index contributed by atoms with van der Waals surface area (Å²) in [5.74, 6) is 0.873. The van der Waals surface area contributed by atoms with E-state index < -0.39 is 0 Å². The summed E-state index contributed by atoms with van der Waals surface area (Å²) < 4.78 is 6.57. The Labute approximate surface area is 163 Å². The Morgan fingerprint density at radius 1 is 1.07 bits per heavy atom. The highest BCUT2D eigenvalue weighted by Gasteiger charge is 2.14. The number of methoxy groups -OCH3 is 1. The summed E-state index contributed by atoms with van der Waals surface area (Å²) in [6.45, 7) is 5.53. The number of hydrogen-bond donors (Lipinski definition) is 1. The molecule has 3 rings (SSSR count). The molecule has 144 valence electrons. The molecule has 0 aliphatic heterocycles. The molecule has 6 heteroatoms. The molecule has 6 nitrogen and oxygen atoms in total. The third-order valence-electron chi connectivity index (χ3n) is 4.45. The predicted octanol–water partition coefficient (Wildman–Crippen LogP) is 3.48. The van der Waals surface area contributed by atoms with E-state index >= 15 is 0 Å². The van der Waals surface area contributed by atoms with Gasteiger partial charge in [-0.25, -0.2) is 4.98 Å². The van der Waals surface area contributed by atoms with E-state index in [1.807, 2.05) is 44.2 Å². The summed E-state index contributed by atoms with van der Waals surface area (Å²) in [7, 11) is 1.59. The number of aryl methyl sites for hydroxylation is 3. The summed E-state index contributed by atoms with van der Waals surface area (Å²) in [4.78, 5) is 29.7. The van der Waals surface area contributed by atoms with Crippen LogP contribution in [0.2, 0.25) is 0 Å². The first-order chi connectivity index (χ1) is 13.4. The Morgan fingerprint density at radius 3 is 2.46 bits per heavy atom. The molecule has 1 heterocycles. The van der Waals surface area contributed by atoms with E-state index in [0.29, 0.717) is 17.3 Å². The molecule has 0 unspecified atom stereocenters. The van der Waals surface area contributed by atoms with Gasteiger partial charge in [0.25, 0.3) is 5.56 Å². The zero-order valence-corrected chi connectivity index (χ0v) is 16.4. The first-order valence-electron chi connectivity index (χ1n) is 8.97. The lowest BCUT2D eigenvalue weighted by atomic mass is 10.1. The lowest BCUT2D eigenvalue weighted by molar-refractivity contribution is -0.116. The standard InChI is InChI=1S/C22H23N3O3/c1-14-5-6-15(2)19(11-14)24-20(26)13-25-21(27)12-16(3)23-22(25)17-7-9-18(28-4)10-8-17/h5-12H,13H2,1-4H3,(H,24,26). The molecule has 0 fully saturated rings. The Kier molecular flexibility index (Phi) is 5.59. The molecule has 1 amide bonds. The second-order valence-electron chi connectivity index (χ2n) is 6.74. The SMILES string of the molecule is COc1ccc(-c2nc(C)cc(=O)n2CC(=O)Nc2cc(C)ccc2C)cc1. The van der Waals surface area contributed by atoms with Crippen LogP contribution in [-0.4, -0.2) is 22.6 Å². The van der Waals surface area contributed by atoms with E-state index in [4.69, 9.17) is 4.74 Å². The minimum atomic E-state index is -0.281. The predicted molar refractivity (Wildman–Crippen MR) is 110 cm³/mol. The fourth-order valence-electron chi connectivity index (χ4n) is 2.94. The third kappa shape index (κ3) is 4.28. The first-order valence-corrected chi connectivity index (χ1v) is 8.97. The molecule has 0 aliphatic rings. The average molecular weight is 377 g/mol. The molecular weight excluding hydrogens is 354 g/mol. The van der Waals surface area contributed by atoms with Crippen LogP contribution < -0.4 is 15.6 Å². The summed E-state index contributed by atoms with van der Waals surface area (Å²) >= 11 is 0. The van der Waals surface area contributed by atoms with E-state index in [1.54, 1.807) is 26.2 Å². The second kappa shape index (κ2) is 8.08. The van der Waals surface area contributed by atoms with E-state index in [0.717, 1.165) is 22.4 Å². The van der Waals surface area contributed by atoms with Crippen LogP contribution in [0.15, 0.2) is 53.3 Å². The van der Waals surface area contributed by atoms with Crippen LogP contribution in [-0.2, 0) is 11.3 Å². The van der Waals surface area contributed by atoms with Gasteiger partial charge < -0.3 is 10.1 Å². The number of carbonyl (C=O) groups is 1. The molecule has 0 bridgehead atoms. The van der Waals surface area contributed by atoms with Gasteiger partial charge in [-0.05, 0) is 62.2 Å². The van der Waals surface area contributed by atoms with Crippen molar-refractivity contribution in [3.8, 4) is 17.1 Å². The maximum Gasteiger partial charge on any atom is 0.254 e. The van der Waals surface area contributed by atoms with Crippen LogP contribution in [0.3, 0.4) is 0 Å². The van der Waals surface area contributed by atoms with Crippen molar-refractivity contribution in [2.45, 2.75) is 27.3 Å². The van der Waals surface area contributed by atoms with Gasteiger partial charge in [-0.2, -0.15) is 0 Å². The van der Waals surface area contributed by atoms with Gasteiger partial charge in [0.05, 0.1) is 7.11 Å². The van der Waals surface area contributed by atoms with Crippen LogP contribution in [0.25, 0.3) is 11.4 Å². The number of aromatic nitrogens is 2. The van der Waals surface area contributed by atoms with Crippen molar-refractivity contribution in [3.05, 3.63) is 75.7 Å². The fourth-order valence-corrected chi connectivity index (χ4v) is 2.94. The largest absolute Gasteiger partial charge is 0.497 e. The van der Waals surface area contributed by atoms with Crippen LogP contribution in [0.4, 0.5) is 5.69 Å². The normalized spacial score (nSPS) is 10.6. The topological polar surface area (TPSA) is 73.2 Å². The molecule has 0 atom stereocenters. The van der Waals surface area contributed by atoms with Gasteiger partial charge in [0.15, 0.2) is 0 Å². The maximum absolute atomic E-state index is 12.6. The number of rotatable bonds is 5. The number of amides is 1. The lowest BCUT2D eigenvalue weighted by Crippen LogP contribution is -2.29. The van der Waals surface area contributed by atoms with Crippen molar-refractivity contribution in [1.29, 1.82) is 0 Å². The number of anilines is 1. The molecule has 0 saturated carbocycles. The minimum Gasteiger partial charge on any atom is -0.497 e. The Balaban J connectivity index is 1.93. The van der Waals surface area contributed by atoms with Crippen molar-refractivity contribution in [2.75, 3.05) is 12.4 Å². The Bertz CT molecular complexity index is 1070. The fraction of sp³-hybridized carbons (Fsp3) is 0.227. The number of nitrogens with one attached hydrogen (secondary N) is 1. The van der Waals surface area contributed by atoms with Gasteiger partial charge in [-0.3, -0.25) is 14.2 Å². The van der Waals surface area contributed by atoms with E-state index in [2.05, 4.69) is 10.3 Å². The van der Waals surface area contributed by atoms with Gasteiger partial charge in [0, 0.05) is 23.0 Å². The zero-order chi connectivity index (χ0) is 20.3. The van der Waals surface area contributed by atoms with Gasteiger partial charge in [0.1, 0.15) is 18.1 Å². The van der Waals surface area contributed by atoms with Crippen molar-refractivity contribution >= 4 is 11.6 Å². The van der Waals surface area contributed by atoms with E-state index in [1.165, 1.54) is 10.6 Å². The van der Waals surface area contributed by atoms with E-state index in [9.17, 15) is 9.59 Å². The highest BCUT2D eigenvalue weighted by atomic mass is 16.5. The van der Waals surface area contributed by atoms with Crippen molar-refractivity contribution in [1.82, 2.24) is 9.55 Å². The summed E-state index contributed by atoms with van der Waals surface area (Å²) in [6, 6.07) is 14.5. The van der Waals surface area contributed by atoms with Crippen molar-refractivity contribution < 1.29 is 9.53 Å². The van der Waals surface area contributed by atoms with Crippen molar-refractivity contribution in [3.63, 3.8) is 0 Å². The first kappa shape index (κ1) is 19.4. The number of ether oxygens (including phenoxy) is 1. The van der Waals surface area contributed by atoms with Gasteiger partial charge in [-0.1, -0.05) is 12.1 Å². The van der Waals surface area contributed by atoms with Crippen LogP contribution in [0, 0.1) is 20.8 Å². The number of hydrogen-bond acceptors (Lipinski definition) is 4.